The average Bonchev–Trinajstić information content (AvgIpc) is 3.13. The maximum Gasteiger partial charge on any atom is 0.349 e. The number of hydrogen-bond donors (Lipinski definition) is 0. The van der Waals surface area contributed by atoms with E-state index in [4.69, 9.17) is 4.74 Å². The van der Waals surface area contributed by atoms with Gasteiger partial charge >= 0.3 is 5.97 Å². The Balaban J connectivity index is 2.32. The molecule has 4 nitrogen and oxygen atoms in total. The third-order valence-electron chi connectivity index (χ3n) is 3.91. The van der Waals surface area contributed by atoms with E-state index in [1.165, 1.54) is 18.4 Å². The molecule has 138 valence electrons. The Morgan fingerprint density at radius 3 is 2.58 bits per heavy atom. The zero-order valence-electron chi connectivity index (χ0n) is 16.2. The molecule has 1 fully saturated rings. The average molecular weight is 372 g/mol. The van der Waals surface area contributed by atoms with E-state index in [1.807, 2.05) is 45.6 Å². The van der Waals surface area contributed by atoms with E-state index >= 15 is 0 Å². The first-order valence-electron chi connectivity index (χ1n) is 8.69. The molecule has 5 heteroatoms. The van der Waals surface area contributed by atoms with Crippen LogP contribution >= 0.6 is 11.3 Å². The van der Waals surface area contributed by atoms with Crippen molar-refractivity contribution in [1.29, 1.82) is 0 Å². The molecule has 0 radical (unpaired) electrons. The van der Waals surface area contributed by atoms with Gasteiger partial charge in [-0.1, -0.05) is 23.7 Å². The predicted molar refractivity (Wildman–Crippen MR) is 104 cm³/mol. The second kappa shape index (κ2) is 7.98. The number of carbonyl (C=O) groups is 2. The van der Waals surface area contributed by atoms with Crippen molar-refractivity contribution in [3.05, 3.63) is 21.4 Å². The van der Waals surface area contributed by atoms with Gasteiger partial charge < -0.3 is 9.64 Å². The molecule has 0 saturated carbocycles. The summed E-state index contributed by atoms with van der Waals surface area (Å²) in [5, 5.41) is 0. The minimum atomic E-state index is -0.426. The van der Waals surface area contributed by atoms with Crippen molar-refractivity contribution in [1.82, 2.24) is 4.90 Å². The molecule has 1 unspecified atom stereocenters. The number of thiophene rings is 1. The molecule has 1 aliphatic rings. The van der Waals surface area contributed by atoms with Gasteiger partial charge in [0.1, 0.15) is 10.8 Å². The van der Waals surface area contributed by atoms with Crippen LogP contribution in [0, 0.1) is 35.0 Å². The number of hydrogen-bond acceptors (Lipinski definition) is 4. The van der Waals surface area contributed by atoms with Crippen molar-refractivity contribution in [3.63, 3.8) is 0 Å². The molecule has 1 aromatic rings. The van der Waals surface area contributed by atoms with Crippen molar-refractivity contribution in [3.8, 4) is 23.7 Å². The highest BCUT2D eigenvalue weighted by Gasteiger charge is 2.31. The van der Waals surface area contributed by atoms with Crippen molar-refractivity contribution in [2.24, 2.45) is 11.3 Å². The van der Waals surface area contributed by atoms with E-state index in [1.54, 1.807) is 0 Å². The van der Waals surface area contributed by atoms with Crippen LogP contribution in [0.1, 0.15) is 61.2 Å². The van der Waals surface area contributed by atoms with Crippen LogP contribution < -0.4 is 0 Å². The van der Waals surface area contributed by atoms with E-state index in [2.05, 4.69) is 23.7 Å². The number of rotatable bonds is 2. The Morgan fingerprint density at radius 2 is 2.04 bits per heavy atom. The van der Waals surface area contributed by atoms with Gasteiger partial charge in [0.05, 0.1) is 17.6 Å². The highest BCUT2D eigenvalue weighted by Crippen LogP contribution is 2.24. The highest BCUT2D eigenvalue weighted by atomic mass is 32.1. The number of ether oxygens (including phenoxy) is 1. The molecule has 1 amide bonds. The molecule has 1 saturated heterocycles. The monoisotopic (exact) mass is 371 g/mol. The third-order valence-corrected chi connectivity index (χ3v) is 4.94. The van der Waals surface area contributed by atoms with E-state index in [-0.39, 0.29) is 23.3 Å². The Labute approximate surface area is 159 Å². The summed E-state index contributed by atoms with van der Waals surface area (Å²) >= 11 is 1.28. The molecule has 26 heavy (non-hydrogen) atoms. The van der Waals surface area contributed by atoms with Crippen LogP contribution in [-0.2, 0) is 9.53 Å². The number of amides is 1. The molecule has 2 rings (SSSR count). The summed E-state index contributed by atoms with van der Waals surface area (Å²) in [5.74, 6) is 11.7. The second-order valence-electron chi connectivity index (χ2n) is 7.58. The lowest BCUT2D eigenvalue weighted by Crippen LogP contribution is -2.33. The quantitative estimate of drug-likeness (QED) is 0.590. The Hall–Kier alpha value is -2.24. The van der Waals surface area contributed by atoms with Gasteiger partial charge in [-0.25, -0.2) is 4.79 Å². The van der Waals surface area contributed by atoms with Crippen molar-refractivity contribution >= 4 is 23.2 Å². The molecule has 0 spiro atoms. The van der Waals surface area contributed by atoms with Gasteiger partial charge in [0, 0.05) is 18.0 Å². The van der Waals surface area contributed by atoms with Crippen molar-refractivity contribution < 1.29 is 14.3 Å². The largest absolute Gasteiger partial charge is 0.465 e. The Kier molecular flexibility index (Phi) is 6.16. The topological polar surface area (TPSA) is 46.6 Å². The number of likely N-dealkylation sites (tertiary alicyclic amines) is 1. The van der Waals surface area contributed by atoms with Gasteiger partial charge in [-0.3, -0.25) is 4.79 Å². The molecule has 2 heterocycles. The summed E-state index contributed by atoms with van der Waals surface area (Å²) in [6.45, 7) is 10.8. The molecule has 1 aromatic heterocycles. The smallest absolute Gasteiger partial charge is 0.349 e. The van der Waals surface area contributed by atoms with Crippen LogP contribution in [0.15, 0.2) is 6.07 Å². The third kappa shape index (κ3) is 4.90. The fraction of sp³-hybridized carbons (Fsp3) is 0.524. The summed E-state index contributed by atoms with van der Waals surface area (Å²) in [7, 11) is 1.35. The molecule has 1 atom stereocenters. The molecule has 0 bridgehead atoms. The summed E-state index contributed by atoms with van der Waals surface area (Å²) in [6.07, 6.45) is 0.721. The number of nitrogens with zero attached hydrogens (tertiary/aromatic N) is 1. The Bertz CT molecular complexity index is 821. The maximum absolute atomic E-state index is 12.4. The fourth-order valence-corrected chi connectivity index (χ4v) is 3.44. The summed E-state index contributed by atoms with van der Waals surface area (Å²) in [5.41, 5.74) is 0.452. The van der Waals surface area contributed by atoms with Crippen LogP contribution in [0.3, 0.4) is 0 Å². The summed E-state index contributed by atoms with van der Waals surface area (Å²) < 4.78 is 4.86. The lowest BCUT2D eigenvalue weighted by molar-refractivity contribution is -0.130. The van der Waals surface area contributed by atoms with E-state index < -0.39 is 5.97 Å². The highest BCUT2D eigenvalue weighted by molar-refractivity contribution is 7.14. The van der Waals surface area contributed by atoms with Crippen LogP contribution in [0.25, 0.3) is 0 Å². The minimum Gasteiger partial charge on any atom is -0.465 e. The fourth-order valence-electron chi connectivity index (χ4n) is 2.55. The minimum absolute atomic E-state index is 0.0649. The molecular weight excluding hydrogens is 346 g/mol. The summed E-state index contributed by atoms with van der Waals surface area (Å²) in [6, 6.07) is 1.99. The zero-order chi connectivity index (χ0) is 19.5. The van der Waals surface area contributed by atoms with Gasteiger partial charge in [-0.05, 0) is 47.1 Å². The van der Waals surface area contributed by atoms with Crippen LogP contribution in [0.4, 0.5) is 0 Å². The first-order valence-corrected chi connectivity index (χ1v) is 9.51. The molecule has 0 N–H and O–H groups in total. The van der Waals surface area contributed by atoms with Crippen molar-refractivity contribution in [2.75, 3.05) is 13.7 Å². The molecular formula is C21H25NO3S. The lowest BCUT2D eigenvalue weighted by atomic mass is 9.98. The molecule has 0 aliphatic carbocycles. The van der Waals surface area contributed by atoms with E-state index in [0.29, 0.717) is 10.4 Å². The summed E-state index contributed by atoms with van der Waals surface area (Å²) in [4.78, 5) is 27.5. The maximum atomic E-state index is 12.4. The van der Waals surface area contributed by atoms with Crippen LogP contribution in [-0.4, -0.2) is 36.5 Å². The Morgan fingerprint density at radius 1 is 1.35 bits per heavy atom. The normalized spacial score (nSPS) is 16.8. The standard InChI is InChI=1S/C21H25NO3S/c1-14(2)22-12-10-15(19(22)23)7-8-16-13-17(9-11-21(3,4)5)26-18(16)20(24)25-6/h13-15H,10,12H2,1-6H3. The SMILES string of the molecule is COC(=O)c1sc(C#CC(C)(C)C)cc1C#CC1CCN(C(C)C)C1=O. The number of carbonyl (C=O) groups excluding carboxylic acids is 2. The molecule has 0 aromatic carbocycles. The van der Waals surface area contributed by atoms with Crippen LogP contribution in [0.5, 0.6) is 0 Å². The number of methoxy groups -OCH3 is 1. The van der Waals surface area contributed by atoms with Gasteiger partial charge in [0.25, 0.3) is 0 Å². The van der Waals surface area contributed by atoms with Gasteiger partial charge in [-0.15, -0.1) is 11.3 Å². The predicted octanol–water partition coefficient (Wildman–Crippen LogP) is 3.54. The number of esters is 1. The molecule has 1 aliphatic heterocycles. The van der Waals surface area contributed by atoms with Gasteiger partial charge in [0.15, 0.2) is 0 Å². The van der Waals surface area contributed by atoms with Crippen molar-refractivity contribution in [2.45, 2.75) is 47.1 Å². The van der Waals surface area contributed by atoms with Gasteiger partial charge in [0.2, 0.25) is 5.91 Å². The first-order chi connectivity index (χ1) is 12.1. The second-order valence-corrected chi connectivity index (χ2v) is 8.63. The zero-order valence-corrected chi connectivity index (χ0v) is 17.0. The van der Waals surface area contributed by atoms with E-state index in [0.717, 1.165) is 17.8 Å². The van der Waals surface area contributed by atoms with E-state index in [9.17, 15) is 9.59 Å². The lowest BCUT2D eigenvalue weighted by Gasteiger charge is -2.19. The first kappa shape index (κ1) is 20.1. The van der Waals surface area contributed by atoms with Gasteiger partial charge in [-0.2, -0.15) is 0 Å². The van der Waals surface area contributed by atoms with Crippen LogP contribution in [0.2, 0.25) is 0 Å².